The molecule has 0 aromatic carbocycles. The maximum Gasteiger partial charge on any atom is 1.00 e. The third-order valence-corrected chi connectivity index (χ3v) is 0.243. The van der Waals surface area contributed by atoms with Crippen LogP contribution >= 0.6 is 0 Å². The first kappa shape index (κ1) is 11.7. The van der Waals surface area contributed by atoms with Crippen molar-refractivity contribution in [1.29, 1.82) is 0 Å². The van der Waals surface area contributed by atoms with Gasteiger partial charge in [0.2, 0.25) is 0 Å². The van der Waals surface area contributed by atoms with Crippen LogP contribution in [0.1, 0.15) is 1.43 Å². The van der Waals surface area contributed by atoms with E-state index in [0.717, 1.165) is 0 Å². The summed E-state index contributed by atoms with van der Waals surface area (Å²) in [7, 11) is 0. The molecule has 1 N–H and O–H groups in total. The molecule has 0 aliphatic rings. The van der Waals surface area contributed by atoms with Crippen LogP contribution in [0.2, 0.25) is 0 Å². The van der Waals surface area contributed by atoms with Crippen LogP contribution in [0.5, 0.6) is 0 Å². The van der Waals surface area contributed by atoms with E-state index < -0.39 is 12.1 Å². The Bertz CT molecular complexity index is 92.3. The van der Waals surface area contributed by atoms with Gasteiger partial charge in [0, 0.05) is 0 Å². The SMILES string of the molecule is O=C(O)C(F)(F)F.[H-].[K+]. The van der Waals surface area contributed by atoms with E-state index in [9.17, 15) is 13.2 Å². The Labute approximate surface area is 87.0 Å². The van der Waals surface area contributed by atoms with Crippen molar-refractivity contribution in [3.05, 3.63) is 0 Å². The minimum Gasteiger partial charge on any atom is -1.00 e. The van der Waals surface area contributed by atoms with E-state index in [1.165, 1.54) is 0 Å². The Morgan fingerprint density at radius 1 is 1.50 bits per heavy atom. The minimum atomic E-state index is -5.08. The second kappa shape index (κ2) is 3.83. The molecule has 8 heavy (non-hydrogen) atoms. The van der Waals surface area contributed by atoms with E-state index in [1.54, 1.807) is 0 Å². The van der Waals surface area contributed by atoms with E-state index in [-0.39, 0.29) is 52.8 Å². The van der Waals surface area contributed by atoms with Crippen molar-refractivity contribution >= 4 is 5.97 Å². The summed E-state index contributed by atoms with van der Waals surface area (Å²) in [5.74, 6) is -2.76. The van der Waals surface area contributed by atoms with Crippen molar-refractivity contribution in [3.63, 3.8) is 0 Å². The van der Waals surface area contributed by atoms with E-state index in [4.69, 9.17) is 9.90 Å². The van der Waals surface area contributed by atoms with Crippen molar-refractivity contribution < 1.29 is 75.9 Å². The third kappa shape index (κ3) is 5.04. The number of carboxylic acid groups (broad SMARTS) is 1. The Morgan fingerprint density at radius 2 is 1.62 bits per heavy atom. The second-order valence-electron chi connectivity index (χ2n) is 0.803. The molecule has 0 bridgehead atoms. The number of carboxylic acids is 1. The monoisotopic (exact) mass is 154 g/mol. The summed E-state index contributed by atoms with van der Waals surface area (Å²) < 4.78 is 31.7. The second-order valence-corrected chi connectivity index (χ2v) is 0.803. The average molecular weight is 154 g/mol. The van der Waals surface area contributed by atoms with Crippen LogP contribution in [0.15, 0.2) is 0 Å². The zero-order valence-electron chi connectivity index (χ0n) is 4.99. The largest absolute Gasteiger partial charge is 1.00 e. The molecule has 0 aliphatic carbocycles. The van der Waals surface area contributed by atoms with E-state index >= 15 is 0 Å². The molecule has 0 heterocycles. The van der Waals surface area contributed by atoms with Crippen LogP contribution in [0.25, 0.3) is 0 Å². The Balaban J connectivity index is -0.000000180. The smallest absolute Gasteiger partial charge is 1.00 e. The molecule has 2 nitrogen and oxygen atoms in total. The van der Waals surface area contributed by atoms with Crippen LogP contribution in [-0.2, 0) is 4.79 Å². The molecule has 0 aromatic heterocycles. The summed E-state index contributed by atoms with van der Waals surface area (Å²) in [4.78, 5) is 8.90. The number of halogens is 3. The number of carbonyl (C=O) groups is 1. The normalized spacial score (nSPS) is 9.88. The fraction of sp³-hybridized carbons (Fsp3) is 0.500. The van der Waals surface area contributed by atoms with E-state index in [0.29, 0.717) is 0 Å². The van der Waals surface area contributed by atoms with Crippen LogP contribution in [-0.4, -0.2) is 17.3 Å². The molecule has 0 aliphatic heterocycles. The number of hydrogen-bond acceptors (Lipinski definition) is 1. The van der Waals surface area contributed by atoms with Crippen LogP contribution in [0.4, 0.5) is 13.2 Å². The van der Waals surface area contributed by atoms with Gasteiger partial charge in [-0.1, -0.05) is 0 Å². The predicted molar refractivity (Wildman–Crippen MR) is 14.8 cm³/mol. The van der Waals surface area contributed by atoms with Gasteiger partial charge in [-0.25, -0.2) is 4.79 Å². The molecule has 0 saturated heterocycles. The molecule has 0 spiro atoms. The van der Waals surface area contributed by atoms with E-state index in [1.807, 2.05) is 0 Å². The van der Waals surface area contributed by atoms with Crippen molar-refractivity contribution in [2.45, 2.75) is 6.18 Å². The maximum atomic E-state index is 10.6. The number of alkyl halides is 3. The van der Waals surface area contributed by atoms with Gasteiger partial charge >= 0.3 is 63.5 Å². The zero-order valence-corrected chi connectivity index (χ0v) is 7.11. The standard InChI is InChI=1S/C2HF3O2.K.H/c3-2(4,5)1(6)7;;/h(H,6,7);;/q;+1;-1. The Hall–Kier alpha value is 0.896. The maximum absolute atomic E-state index is 10.6. The van der Waals surface area contributed by atoms with Crippen LogP contribution in [0.3, 0.4) is 0 Å². The van der Waals surface area contributed by atoms with Crippen molar-refractivity contribution in [1.82, 2.24) is 0 Å². The van der Waals surface area contributed by atoms with Crippen molar-refractivity contribution in [2.75, 3.05) is 0 Å². The molecule has 0 aromatic rings. The molecular formula is C2H2F3KO2. The summed E-state index contributed by atoms with van der Waals surface area (Å²) >= 11 is 0. The summed E-state index contributed by atoms with van der Waals surface area (Å²) in [6.45, 7) is 0. The van der Waals surface area contributed by atoms with Gasteiger partial charge in [0.1, 0.15) is 0 Å². The number of rotatable bonds is 0. The van der Waals surface area contributed by atoms with Gasteiger partial charge in [0.15, 0.2) is 0 Å². The number of hydrogen-bond donors (Lipinski definition) is 1. The quantitative estimate of drug-likeness (QED) is 0.400. The van der Waals surface area contributed by atoms with Crippen molar-refractivity contribution in [3.8, 4) is 0 Å². The van der Waals surface area contributed by atoms with Gasteiger partial charge in [0.25, 0.3) is 0 Å². The Morgan fingerprint density at radius 3 is 1.62 bits per heavy atom. The topological polar surface area (TPSA) is 37.3 Å². The van der Waals surface area contributed by atoms with Gasteiger partial charge in [-0.05, 0) is 0 Å². The van der Waals surface area contributed by atoms with Gasteiger partial charge < -0.3 is 6.53 Å². The molecule has 0 amide bonds. The molecule has 0 atom stereocenters. The fourth-order valence-electron chi connectivity index (χ4n) is 0. The van der Waals surface area contributed by atoms with Gasteiger partial charge in [-0.3, -0.25) is 0 Å². The van der Waals surface area contributed by atoms with Crippen LogP contribution < -0.4 is 51.4 Å². The average Bonchev–Trinajstić information content (AvgIpc) is 1.31. The summed E-state index contributed by atoms with van der Waals surface area (Å²) in [5, 5.41) is 7.12. The van der Waals surface area contributed by atoms with Gasteiger partial charge in [-0.2, -0.15) is 13.2 Å². The molecule has 44 valence electrons. The fourth-order valence-corrected chi connectivity index (χ4v) is 0. The van der Waals surface area contributed by atoms with Crippen molar-refractivity contribution in [2.24, 2.45) is 0 Å². The van der Waals surface area contributed by atoms with Gasteiger partial charge in [-0.15, -0.1) is 0 Å². The zero-order chi connectivity index (χ0) is 6.08. The summed E-state index contributed by atoms with van der Waals surface area (Å²) in [6, 6.07) is 0. The molecule has 0 radical (unpaired) electrons. The van der Waals surface area contributed by atoms with Gasteiger partial charge in [0.05, 0.1) is 0 Å². The molecule has 0 saturated carbocycles. The first-order valence-corrected chi connectivity index (χ1v) is 1.24. The summed E-state index contributed by atoms with van der Waals surface area (Å²) in [5.41, 5.74) is 0. The third-order valence-electron chi connectivity index (χ3n) is 0.243. The molecule has 0 rings (SSSR count). The molecule has 0 fully saturated rings. The Kier molecular flexibility index (Phi) is 5.59. The molecule has 6 heteroatoms. The van der Waals surface area contributed by atoms with Crippen LogP contribution in [0, 0.1) is 0 Å². The predicted octanol–water partition coefficient (Wildman–Crippen LogP) is -2.25. The number of aliphatic carboxylic acids is 1. The summed E-state index contributed by atoms with van der Waals surface area (Å²) in [6.07, 6.45) is -5.08. The molecular weight excluding hydrogens is 152 g/mol. The first-order valence-electron chi connectivity index (χ1n) is 1.24. The minimum absolute atomic E-state index is 0. The molecule has 0 unspecified atom stereocenters. The first-order chi connectivity index (χ1) is 2.94. The van der Waals surface area contributed by atoms with E-state index in [2.05, 4.69) is 0 Å².